The van der Waals surface area contributed by atoms with E-state index in [0.717, 1.165) is 29.4 Å². The van der Waals surface area contributed by atoms with Gasteiger partial charge in [0.25, 0.3) is 0 Å². The van der Waals surface area contributed by atoms with E-state index in [2.05, 4.69) is 10.3 Å². The number of carbonyl (C=O) groups excluding carboxylic acids is 1. The average Bonchev–Trinajstić information content (AvgIpc) is 3.10. The molecule has 2 fully saturated rings. The van der Waals surface area contributed by atoms with Crippen LogP contribution in [0.15, 0.2) is 36.5 Å². The molecule has 0 aliphatic carbocycles. The van der Waals surface area contributed by atoms with Gasteiger partial charge in [-0.15, -0.1) is 0 Å². The second-order valence-electron chi connectivity index (χ2n) is 6.55. The van der Waals surface area contributed by atoms with Gasteiger partial charge in [0.2, 0.25) is 5.91 Å². The summed E-state index contributed by atoms with van der Waals surface area (Å²) < 4.78 is 11.4. The van der Waals surface area contributed by atoms with E-state index in [0.29, 0.717) is 39.3 Å². The molecule has 25 heavy (non-hydrogen) atoms. The van der Waals surface area contributed by atoms with Gasteiger partial charge in [-0.05, 0) is 12.1 Å². The SMILES string of the molecule is O=C(CCNc1cccc2cccnc12)N1CCC2(CC1)OCCO2. The van der Waals surface area contributed by atoms with Crippen LogP contribution in [-0.2, 0) is 14.3 Å². The zero-order valence-corrected chi connectivity index (χ0v) is 14.2. The van der Waals surface area contributed by atoms with E-state index in [9.17, 15) is 4.79 Å². The molecule has 1 aromatic heterocycles. The van der Waals surface area contributed by atoms with Crippen LogP contribution in [0.4, 0.5) is 5.69 Å². The zero-order chi connectivity index (χ0) is 17.1. The van der Waals surface area contributed by atoms with Gasteiger partial charge in [-0.1, -0.05) is 18.2 Å². The number of nitrogens with one attached hydrogen (secondary N) is 1. The monoisotopic (exact) mass is 341 g/mol. The largest absolute Gasteiger partial charge is 0.383 e. The lowest BCUT2D eigenvalue weighted by Gasteiger charge is -2.37. The van der Waals surface area contributed by atoms with Crippen LogP contribution < -0.4 is 5.32 Å². The number of hydrogen-bond donors (Lipinski definition) is 1. The maximum absolute atomic E-state index is 12.4. The summed E-state index contributed by atoms with van der Waals surface area (Å²) in [5.74, 6) is -0.252. The molecule has 4 rings (SSSR count). The summed E-state index contributed by atoms with van der Waals surface area (Å²) in [6.45, 7) is 3.33. The molecular formula is C19H23N3O3. The Kier molecular flexibility index (Phi) is 4.55. The van der Waals surface area contributed by atoms with E-state index >= 15 is 0 Å². The Morgan fingerprint density at radius 2 is 1.92 bits per heavy atom. The van der Waals surface area contributed by atoms with Crippen LogP contribution in [-0.4, -0.2) is 54.4 Å². The fourth-order valence-corrected chi connectivity index (χ4v) is 3.59. The lowest BCUT2D eigenvalue weighted by atomic mass is 10.0. The van der Waals surface area contributed by atoms with Crippen LogP contribution in [0.25, 0.3) is 10.9 Å². The van der Waals surface area contributed by atoms with Gasteiger partial charge in [-0.3, -0.25) is 9.78 Å². The Balaban J connectivity index is 1.29. The summed E-state index contributed by atoms with van der Waals surface area (Å²) >= 11 is 0. The van der Waals surface area contributed by atoms with Crippen molar-refractivity contribution < 1.29 is 14.3 Å². The number of pyridine rings is 1. The van der Waals surface area contributed by atoms with Crippen molar-refractivity contribution in [2.45, 2.75) is 25.0 Å². The highest BCUT2D eigenvalue weighted by molar-refractivity contribution is 5.90. The third-order valence-electron chi connectivity index (χ3n) is 4.98. The molecule has 3 heterocycles. The Labute approximate surface area is 147 Å². The summed E-state index contributed by atoms with van der Waals surface area (Å²) in [5.41, 5.74) is 1.91. The number of carbonyl (C=O) groups is 1. The molecule has 6 heteroatoms. The minimum Gasteiger partial charge on any atom is -0.383 e. The van der Waals surface area contributed by atoms with Crippen molar-refractivity contribution in [2.75, 3.05) is 38.2 Å². The number of para-hydroxylation sites is 1. The molecule has 2 aliphatic rings. The molecule has 1 aromatic carbocycles. The van der Waals surface area contributed by atoms with Crippen molar-refractivity contribution in [1.82, 2.24) is 9.88 Å². The van der Waals surface area contributed by atoms with Crippen molar-refractivity contribution in [3.05, 3.63) is 36.5 Å². The van der Waals surface area contributed by atoms with Gasteiger partial charge in [0, 0.05) is 50.5 Å². The normalized spacial score (nSPS) is 19.4. The van der Waals surface area contributed by atoms with Gasteiger partial charge in [0.05, 0.1) is 24.4 Å². The Bertz CT molecular complexity index is 743. The van der Waals surface area contributed by atoms with Crippen LogP contribution in [0.1, 0.15) is 19.3 Å². The van der Waals surface area contributed by atoms with E-state index in [1.165, 1.54) is 0 Å². The first kappa shape index (κ1) is 16.3. The molecule has 0 unspecified atom stereocenters. The lowest BCUT2D eigenvalue weighted by Crippen LogP contribution is -2.47. The molecule has 0 bridgehead atoms. The van der Waals surface area contributed by atoms with Gasteiger partial charge < -0.3 is 19.7 Å². The Morgan fingerprint density at radius 1 is 1.16 bits per heavy atom. The molecule has 2 aromatic rings. The number of amides is 1. The van der Waals surface area contributed by atoms with Crippen LogP contribution in [0, 0.1) is 0 Å². The third-order valence-corrected chi connectivity index (χ3v) is 4.98. The quantitative estimate of drug-likeness (QED) is 0.925. The summed E-state index contributed by atoms with van der Waals surface area (Å²) in [6.07, 6.45) is 3.78. The summed E-state index contributed by atoms with van der Waals surface area (Å²) in [4.78, 5) is 18.8. The maximum atomic E-state index is 12.4. The topological polar surface area (TPSA) is 63.7 Å². The van der Waals surface area contributed by atoms with E-state index < -0.39 is 5.79 Å². The van der Waals surface area contributed by atoms with Gasteiger partial charge in [0.15, 0.2) is 5.79 Å². The van der Waals surface area contributed by atoms with Crippen molar-refractivity contribution in [2.24, 2.45) is 0 Å². The second-order valence-corrected chi connectivity index (χ2v) is 6.55. The number of piperidine rings is 1. The van der Waals surface area contributed by atoms with Crippen molar-refractivity contribution in [1.29, 1.82) is 0 Å². The highest BCUT2D eigenvalue weighted by atomic mass is 16.7. The van der Waals surface area contributed by atoms with Gasteiger partial charge in [-0.25, -0.2) is 0 Å². The standard InChI is InChI=1S/C19H23N3O3/c23-17(22-11-7-19(8-12-22)24-13-14-25-19)6-10-20-16-5-1-3-15-4-2-9-21-18(15)16/h1-5,9,20H,6-8,10-14H2. The molecule has 6 nitrogen and oxygen atoms in total. The average molecular weight is 341 g/mol. The molecular weight excluding hydrogens is 318 g/mol. The molecule has 0 atom stereocenters. The van der Waals surface area contributed by atoms with Crippen LogP contribution in [0.5, 0.6) is 0 Å². The fraction of sp³-hybridized carbons (Fsp3) is 0.474. The number of hydrogen-bond acceptors (Lipinski definition) is 5. The highest BCUT2D eigenvalue weighted by Crippen LogP contribution is 2.31. The molecule has 1 spiro atoms. The maximum Gasteiger partial charge on any atom is 0.224 e. The highest BCUT2D eigenvalue weighted by Gasteiger charge is 2.40. The smallest absolute Gasteiger partial charge is 0.224 e. The molecule has 1 N–H and O–H groups in total. The number of nitrogens with zero attached hydrogens (tertiary/aromatic N) is 2. The molecule has 2 aliphatic heterocycles. The first-order chi connectivity index (χ1) is 12.3. The molecule has 2 saturated heterocycles. The van der Waals surface area contributed by atoms with Gasteiger partial charge in [0.1, 0.15) is 0 Å². The number of rotatable bonds is 4. The summed E-state index contributed by atoms with van der Waals surface area (Å²) in [7, 11) is 0. The lowest BCUT2D eigenvalue weighted by molar-refractivity contribution is -0.187. The van der Waals surface area contributed by atoms with Crippen LogP contribution >= 0.6 is 0 Å². The number of anilines is 1. The van der Waals surface area contributed by atoms with E-state index in [1.54, 1.807) is 6.20 Å². The number of likely N-dealkylation sites (tertiary alicyclic amines) is 1. The Hall–Kier alpha value is -2.18. The summed E-state index contributed by atoms with van der Waals surface area (Å²) in [6, 6.07) is 10.0. The predicted molar refractivity (Wildman–Crippen MR) is 95.3 cm³/mol. The minimum atomic E-state index is -0.427. The Morgan fingerprint density at radius 3 is 2.72 bits per heavy atom. The minimum absolute atomic E-state index is 0.175. The van der Waals surface area contributed by atoms with Gasteiger partial charge >= 0.3 is 0 Å². The number of ether oxygens (including phenoxy) is 2. The first-order valence-corrected chi connectivity index (χ1v) is 8.89. The number of fused-ring (bicyclic) bond motifs is 1. The van der Waals surface area contributed by atoms with Crippen molar-refractivity contribution >= 4 is 22.5 Å². The number of benzene rings is 1. The molecule has 1 amide bonds. The molecule has 132 valence electrons. The predicted octanol–water partition coefficient (Wildman–Crippen LogP) is 2.40. The van der Waals surface area contributed by atoms with Gasteiger partial charge in [-0.2, -0.15) is 0 Å². The van der Waals surface area contributed by atoms with E-state index in [1.807, 2.05) is 35.2 Å². The van der Waals surface area contributed by atoms with Crippen LogP contribution in [0.3, 0.4) is 0 Å². The second kappa shape index (κ2) is 6.98. The van der Waals surface area contributed by atoms with Crippen molar-refractivity contribution in [3.63, 3.8) is 0 Å². The molecule has 0 saturated carbocycles. The zero-order valence-electron chi connectivity index (χ0n) is 14.2. The van der Waals surface area contributed by atoms with E-state index in [4.69, 9.17) is 9.47 Å². The third kappa shape index (κ3) is 3.45. The van der Waals surface area contributed by atoms with E-state index in [-0.39, 0.29) is 5.91 Å². The van der Waals surface area contributed by atoms with Crippen molar-refractivity contribution in [3.8, 4) is 0 Å². The van der Waals surface area contributed by atoms with Crippen LogP contribution in [0.2, 0.25) is 0 Å². The number of aromatic nitrogens is 1. The summed E-state index contributed by atoms with van der Waals surface area (Å²) in [5, 5.41) is 4.44. The fourth-order valence-electron chi connectivity index (χ4n) is 3.59. The first-order valence-electron chi connectivity index (χ1n) is 8.89. The molecule has 0 radical (unpaired) electrons.